The summed E-state index contributed by atoms with van der Waals surface area (Å²) in [5.41, 5.74) is 13.2. The fourth-order valence-corrected chi connectivity index (χ4v) is 3.92. The molecule has 1 atom stereocenters. The zero-order valence-corrected chi connectivity index (χ0v) is 17.7. The summed E-state index contributed by atoms with van der Waals surface area (Å²) in [6.45, 7) is 1.53. The summed E-state index contributed by atoms with van der Waals surface area (Å²) in [5.74, 6) is 0.823. The van der Waals surface area contributed by atoms with Gasteiger partial charge < -0.3 is 20.8 Å². The van der Waals surface area contributed by atoms with E-state index < -0.39 is 16.2 Å². The second-order valence-corrected chi connectivity index (χ2v) is 8.56. The van der Waals surface area contributed by atoms with Crippen molar-refractivity contribution in [2.45, 2.75) is 18.0 Å². The summed E-state index contributed by atoms with van der Waals surface area (Å²) in [5, 5.41) is 0. The van der Waals surface area contributed by atoms with Gasteiger partial charge in [-0.2, -0.15) is 4.72 Å². The molecule has 158 valence electrons. The molecule has 2 aromatic carbocycles. The highest BCUT2D eigenvalue weighted by Crippen LogP contribution is 2.28. The molecule has 0 bridgehead atoms. The van der Waals surface area contributed by atoms with Crippen LogP contribution in [0.3, 0.4) is 0 Å². The van der Waals surface area contributed by atoms with E-state index in [-0.39, 0.29) is 10.9 Å². The highest BCUT2D eigenvalue weighted by atomic mass is 32.2. The molecule has 3 aromatic rings. The first kappa shape index (κ1) is 21.3. The van der Waals surface area contributed by atoms with Gasteiger partial charge in [-0.15, -0.1) is 0 Å². The standard InChI is InChI=1S/C20H24N6O3S/c1-13(24-20(21)22)25-30(27,28)17-10-6-15(7-11-17)19-23-12-18(29-19)14-4-8-16(9-5-14)26(2)3/h4-13,25H,1-3H3,(H4,21,22,24). The molecule has 1 aromatic heterocycles. The Morgan fingerprint density at radius 3 is 2.23 bits per heavy atom. The van der Waals surface area contributed by atoms with Crippen LogP contribution in [0.1, 0.15) is 6.92 Å². The Labute approximate surface area is 175 Å². The Kier molecular flexibility index (Phi) is 6.09. The first-order valence-corrected chi connectivity index (χ1v) is 10.6. The number of anilines is 1. The molecule has 1 heterocycles. The van der Waals surface area contributed by atoms with Gasteiger partial charge in [0.2, 0.25) is 15.9 Å². The van der Waals surface area contributed by atoms with Crippen molar-refractivity contribution in [3.63, 3.8) is 0 Å². The third-order valence-electron chi connectivity index (χ3n) is 4.25. The minimum Gasteiger partial charge on any atom is -0.436 e. The van der Waals surface area contributed by atoms with Crippen LogP contribution in [0.4, 0.5) is 5.69 Å². The molecule has 0 aliphatic heterocycles. The molecular formula is C20H24N6O3S. The van der Waals surface area contributed by atoms with E-state index in [0.717, 1.165) is 11.3 Å². The lowest BCUT2D eigenvalue weighted by Crippen LogP contribution is -2.35. The smallest absolute Gasteiger partial charge is 0.242 e. The van der Waals surface area contributed by atoms with Gasteiger partial charge in [0, 0.05) is 30.9 Å². The number of aromatic nitrogens is 1. The second kappa shape index (κ2) is 8.56. The molecule has 9 nitrogen and oxygen atoms in total. The SMILES string of the molecule is CC(N=C(N)N)NS(=O)(=O)c1ccc(-c2ncc(-c3ccc(N(C)C)cc3)o2)cc1. The summed E-state index contributed by atoms with van der Waals surface area (Å²) in [6, 6.07) is 14.1. The lowest BCUT2D eigenvalue weighted by atomic mass is 10.1. The van der Waals surface area contributed by atoms with Crippen molar-refractivity contribution in [2.75, 3.05) is 19.0 Å². The largest absolute Gasteiger partial charge is 0.436 e. The molecule has 0 fully saturated rings. The molecule has 0 amide bonds. The highest BCUT2D eigenvalue weighted by molar-refractivity contribution is 7.89. The van der Waals surface area contributed by atoms with Gasteiger partial charge in [-0.1, -0.05) is 0 Å². The Morgan fingerprint density at radius 2 is 1.67 bits per heavy atom. The minimum atomic E-state index is -3.78. The monoisotopic (exact) mass is 428 g/mol. The van der Waals surface area contributed by atoms with E-state index in [0.29, 0.717) is 17.2 Å². The summed E-state index contributed by atoms with van der Waals surface area (Å²) < 4.78 is 33.1. The molecule has 0 aliphatic rings. The van der Waals surface area contributed by atoms with E-state index >= 15 is 0 Å². The zero-order chi connectivity index (χ0) is 21.9. The molecule has 0 radical (unpaired) electrons. The van der Waals surface area contributed by atoms with Crippen molar-refractivity contribution in [1.29, 1.82) is 0 Å². The fraction of sp³-hybridized carbons (Fsp3) is 0.200. The Morgan fingerprint density at radius 1 is 1.07 bits per heavy atom. The van der Waals surface area contributed by atoms with Gasteiger partial charge >= 0.3 is 0 Å². The number of hydrogen-bond donors (Lipinski definition) is 3. The zero-order valence-electron chi connectivity index (χ0n) is 16.9. The predicted molar refractivity (Wildman–Crippen MR) is 117 cm³/mol. The van der Waals surface area contributed by atoms with Gasteiger partial charge in [0.1, 0.15) is 6.17 Å². The number of nitrogens with zero attached hydrogens (tertiary/aromatic N) is 3. The second-order valence-electron chi connectivity index (χ2n) is 6.85. The van der Waals surface area contributed by atoms with Crippen LogP contribution >= 0.6 is 0 Å². The van der Waals surface area contributed by atoms with E-state index in [1.165, 1.54) is 19.1 Å². The fourth-order valence-electron chi connectivity index (χ4n) is 2.78. The average molecular weight is 429 g/mol. The number of nitrogens with two attached hydrogens (primary N) is 2. The average Bonchev–Trinajstić information content (AvgIpc) is 3.17. The number of oxazole rings is 1. The van der Waals surface area contributed by atoms with Crippen LogP contribution < -0.4 is 21.1 Å². The Balaban J connectivity index is 1.78. The van der Waals surface area contributed by atoms with E-state index in [9.17, 15) is 8.42 Å². The van der Waals surface area contributed by atoms with Crippen LogP contribution in [0.25, 0.3) is 22.8 Å². The highest BCUT2D eigenvalue weighted by Gasteiger charge is 2.18. The van der Waals surface area contributed by atoms with Gasteiger partial charge in [-0.3, -0.25) is 0 Å². The number of nitrogens with one attached hydrogen (secondary N) is 1. The lowest BCUT2D eigenvalue weighted by Gasteiger charge is -2.12. The molecule has 0 saturated carbocycles. The number of hydrogen-bond acceptors (Lipinski definition) is 6. The normalized spacial score (nSPS) is 12.4. The van der Waals surface area contributed by atoms with Crippen LogP contribution in [0.2, 0.25) is 0 Å². The molecule has 0 saturated heterocycles. The lowest BCUT2D eigenvalue weighted by molar-refractivity contribution is 0.565. The first-order valence-electron chi connectivity index (χ1n) is 9.11. The van der Waals surface area contributed by atoms with E-state index in [1.54, 1.807) is 18.3 Å². The molecular weight excluding hydrogens is 404 g/mol. The maximum Gasteiger partial charge on any atom is 0.242 e. The van der Waals surface area contributed by atoms with Gasteiger partial charge in [0.25, 0.3) is 0 Å². The molecule has 0 aliphatic carbocycles. The molecule has 10 heteroatoms. The minimum absolute atomic E-state index is 0.0787. The van der Waals surface area contributed by atoms with Crippen LogP contribution in [0.5, 0.6) is 0 Å². The van der Waals surface area contributed by atoms with Crippen molar-refractivity contribution in [3.05, 3.63) is 54.7 Å². The maximum atomic E-state index is 12.4. The molecule has 1 unspecified atom stereocenters. The van der Waals surface area contributed by atoms with Crippen molar-refractivity contribution in [2.24, 2.45) is 16.5 Å². The molecule has 5 N–H and O–H groups in total. The van der Waals surface area contributed by atoms with Crippen molar-refractivity contribution in [1.82, 2.24) is 9.71 Å². The van der Waals surface area contributed by atoms with E-state index in [4.69, 9.17) is 15.9 Å². The number of sulfonamides is 1. The quantitative estimate of drug-likeness (QED) is 0.386. The summed E-state index contributed by atoms with van der Waals surface area (Å²) in [7, 11) is 0.173. The van der Waals surface area contributed by atoms with Gasteiger partial charge in [-0.25, -0.2) is 18.4 Å². The van der Waals surface area contributed by atoms with E-state index in [2.05, 4.69) is 14.7 Å². The third kappa shape index (κ3) is 4.97. The van der Waals surface area contributed by atoms with Crippen molar-refractivity contribution in [3.8, 4) is 22.8 Å². The van der Waals surface area contributed by atoms with Crippen molar-refractivity contribution < 1.29 is 12.8 Å². The Bertz CT molecular complexity index is 1130. The topological polar surface area (TPSA) is 140 Å². The van der Waals surface area contributed by atoms with Crippen LogP contribution in [-0.2, 0) is 10.0 Å². The summed E-state index contributed by atoms with van der Waals surface area (Å²) in [6.07, 6.45) is 0.858. The number of benzene rings is 2. The number of rotatable bonds is 7. The molecule has 3 rings (SSSR count). The van der Waals surface area contributed by atoms with Crippen molar-refractivity contribution >= 4 is 21.7 Å². The summed E-state index contributed by atoms with van der Waals surface area (Å²) in [4.78, 5) is 10.2. The van der Waals surface area contributed by atoms with Crippen LogP contribution in [0, 0.1) is 0 Å². The van der Waals surface area contributed by atoms with E-state index in [1.807, 2.05) is 43.3 Å². The van der Waals surface area contributed by atoms with Crippen LogP contribution in [-0.4, -0.2) is 39.6 Å². The Hall–Kier alpha value is -3.37. The number of guanidine groups is 1. The maximum absolute atomic E-state index is 12.4. The molecule has 0 spiro atoms. The number of aliphatic imine (C=N–C) groups is 1. The predicted octanol–water partition coefficient (Wildman–Crippen LogP) is 1.97. The van der Waals surface area contributed by atoms with Gasteiger partial charge in [0.05, 0.1) is 11.1 Å². The molecule has 30 heavy (non-hydrogen) atoms. The first-order chi connectivity index (χ1) is 14.2. The summed E-state index contributed by atoms with van der Waals surface area (Å²) >= 11 is 0. The van der Waals surface area contributed by atoms with Gasteiger partial charge in [-0.05, 0) is 55.5 Å². The third-order valence-corrected chi connectivity index (χ3v) is 5.80. The van der Waals surface area contributed by atoms with Gasteiger partial charge in [0.15, 0.2) is 11.7 Å². The van der Waals surface area contributed by atoms with Crippen LogP contribution in [0.15, 0.2) is 69.0 Å².